The maximum atomic E-state index is 10.2. The summed E-state index contributed by atoms with van der Waals surface area (Å²) >= 11 is 0. The molecule has 0 amide bonds. The molecule has 1 fully saturated rings. The van der Waals surface area contributed by atoms with Crippen molar-refractivity contribution in [3.05, 3.63) is 35.4 Å². The van der Waals surface area contributed by atoms with Crippen molar-refractivity contribution >= 4 is 0 Å². The van der Waals surface area contributed by atoms with E-state index in [0.717, 1.165) is 31.6 Å². The summed E-state index contributed by atoms with van der Waals surface area (Å²) in [6.45, 7) is 7.52. The second-order valence-electron chi connectivity index (χ2n) is 5.50. The molecule has 1 saturated heterocycles. The second-order valence-corrected chi connectivity index (χ2v) is 5.50. The van der Waals surface area contributed by atoms with E-state index in [1.54, 1.807) is 0 Å². The van der Waals surface area contributed by atoms with Gasteiger partial charge in [-0.05, 0) is 49.4 Å². The summed E-state index contributed by atoms with van der Waals surface area (Å²) in [6.07, 6.45) is 3.38. The third-order valence-corrected chi connectivity index (χ3v) is 4.13. The third-order valence-electron chi connectivity index (χ3n) is 4.13. The molecule has 1 N–H and O–H groups in total. The average Bonchev–Trinajstić information content (AvgIpc) is 2.91. The van der Waals surface area contributed by atoms with E-state index in [2.05, 4.69) is 43.0 Å². The molecule has 0 aromatic heterocycles. The Morgan fingerprint density at radius 3 is 2.22 bits per heavy atom. The van der Waals surface area contributed by atoms with Gasteiger partial charge in [0.05, 0.1) is 6.10 Å². The Hall–Kier alpha value is -0.860. The molecule has 1 aliphatic heterocycles. The van der Waals surface area contributed by atoms with Crippen molar-refractivity contribution in [2.75, 3.05) is 19.6 Å². The highest BCUT2D eigenvalue weighted by Gasteiger charge is 2.17. The lowest BCUT2D eigenvalue weighted by atomic mass is 9.96. The fourth-order valence-corrected chi connectivity index (χ4v) is 2.60. The van der Waals surface area contributed by atoms with E-state index < -0.39 is 0 Å². The summed E-state index contributed by atoms with van der Waals surface area (Å²) < 4.78 is 0. The molecular weight excluding hydrogens is 222 g/mol. The number of nitrogens with zero attached hydrogens (tertiary/aromatic N) is 1. The molecule has 1 heterocycles. The topological polar surface area (TPSA) is 23.5 Å². The Bertz CT molecular complexity index is 354. The lowest BCUT2D eigenvalue weighted by Gasteiger charge is -2.20. The molecule has 1 aromatic carbocycles. The van der Waals surface area contributed by atoms with Gasteiger partial charge in [-0.1, -0.05) is 38.1 Å². The second kappa shape index (κ2) is 6.35. The van der Waals surface area contributed by atoms with E-state index in [1.807, 2.05) is 0 Å². The predicted molar refractivity (Wildman–Crippen MR) is 75.8 cm³/mol. The molecule has 0 spiro atoms. The number of aliphatic hydroxyl groups is 1. The van der Waals surface area contributed by atoms with Crippen LogP contribution in [0.4, 0.5) is 0 Å². The van der Waals surface area contributed by atoms with Gasteiger partial charge in [0.15, 0.2) is 0 Å². The highest BCUT2D eigenvalue weighted by molar-refractivity contribution is 5.26. The standard InChI is InChI=1S/C16H25NO/c1-3-13(2)14-6-8-15(9-7-14)16(18)12-17-10-4-5-11-17/h6-9,13,16,18H,3-5,10-12H2,1-2H3. The Balaban J connectivity index is 1.95. The van der Waals surface area contributed by atoms with Crippen molar-refractivity contribution < 1.29 is 5.11 Å². The normalized spacial score (nSPS) is 19.9. The van der Waals surface area contributed by atoms with Crippen LogP contribution in [0.2, 0.25) is 0 Å². The minimum absolute atomic E-state index is 0.339. The van der Waals surface area contributed by atoms with Crippen LogP contribution in [0, 0.1) is 0 Å². The zero-order chi connectivity index (χ0) is 13.0. The average molecular weight is 247 g/mol. The Labute approximate surface area is 111 Å². The summed E-state index contributed by atoms with van der Waals surface area (Å²) in [5, 5.41) is 10.2. The van der Waals surface area contributed by atoms with Gasteiger partial charge in [0, 0.05) is 6.54 Å². The number of benzene rings is 1. The van der Waals surface area contributed by atoms with Crippen LogP contribution in [0.1, 0.15) is 56.3 Å². The van der Waals surface area contributed by atoms with Crippen molar-refractivity contribution in [1.82, 2.24) is 4.90 Å². The summed E-state index contributed by atoms with van der Waals surface area (Å²) in [5.41, 5.74) is 2.42. The van der Waals surface area contributed by atoms with Gasteiger partial charge in [-0.25, -0.2) is 0 Å². The summed E-state index contributed by atoms with van der Waals surface area (Å²) in [7, 11) is 0. The number of likely N-dealkylation sites (tertiary alicyclic amines) is 1. The van der Waals surface area contributed by atoms with Crippen molar-refractivity contribution in [3.8, 4) is 0 Å². The van der Waals surface area contributed by atoms with Crippen LogP contribution in [0.3, 0.4) is 0 Å². The van der Waals surface area contributed by atoms with Gasteiger partial charge in [-0.15, -0.1) is 0 Å². The number of β-amino-alcohol motifs (C(OH)–C–C–N with tert-alkyl or cyclic N) is 1. The Morgan fingerprint density at radius 1 is 1.11 bits per heavy atom. The van der Waals surface area contributed by atoms with Gasteiger partial charge < -0.3 is 10.0 Å². The highest BCUT2D eigenvalue weighted by Crippen LogP contribution is 2.22. The lowest BCUT2D eigenvalue weighted by Crippen LogP contribution is -2.25. The summed E-state index contributed by atoms with van der Waals surface area (Å²) in [6, 6.07) is 8.50. The zero-order valence-corrected chi connectivity index (χ0v) is 11.6. The predicted octanol–water partition coefficient (Wildman–Crippen LogP) is 3.33. The number of aliphatic hydroxyl groups excluding tert-OH is 1. The van der Waals surface area contributed by atoms with Crippen LogP contribution in [-0.4, -0.2) is 29.6 Å². The molecule has 0 saturated carbocycles. The van der Waals surface area contributed by atoms with Crippen LogP contribution in [0.15, 0.2) is 24.3 Å². The van der Waals surface area contributed by atoms with Crippen molar-refractivity contribution in [2.45, 2.75) is 45.1 Å². The van der Waals surface area contributed by atoms with Gasteiger partial charge in [0.2, 0.25) is 0 Å². The maximum Gasteiger partial charge on any atom is 0.0916 e. The number of hydrogen-bond acceptors (Lipinski definition) is 2. The van der Waals surface area contributed by atoms with E-state index in [1.165, 1.54) is 18.4 Å². The Kier molecular flexibility index (Phi) is 4.79. The first-order chi connectivity index (χ1) is 8.70. The van der Waals surface area contributed by atoms with Crippen molar-refractivity contribution in [3.63, 3.8) is 0 Å². The SMILES string of the molecule is CCC(C)c1ccc(C(O)CN2CCCC2)cc1. The third kappa shape index (κ3) is 3.33. The molecule has 100 valence electrons. The first kappa shape index (κ1) is 13.6. The first-order valence-electron chi connectivity index (χ1n) is 7.21. The van der Waals surface area contributed by atoms with Gasteiger partial charge >= 0.3 is 0 Å². The molecule has 2 atom stereocenters. The molecule has 18 heavy (non-hydrogen) atoms. The van der Waals surface area contributed by atoms with Crippen LogP contribution < -0.4 is 0 Å². The molecule has 2 unspecified atom stereocenters. The van der Waals surface area contributed by atoms with Crippen LogP contribution >= 0.6 is 0 Å². The zero-order valence-electron chi connectivity index (χ0n) is 11.6. The van der Waals surface area contributed by atoms with Crippen LogP contribution in [0.25, 0.3) is 0 Å². The van der Waals surface area contributed by atoms with Crippen LogP contribution in [-0.2, 0) is 0 Å². The molecule has 0 aliphatic carbocycles. The minimum atomic E-state index is -0.339. The molecule has 0 radical (unpaired) electrons. The lowest BCUT2D eigenvalue weighted by molar-refractivity contribution is 0.126. The van der Waals surface area contributed by atoms with Crippen molar-refractivity contribution in [2.24, 2.45) is 0 Å². The molecule has 1 aliphatic rings. The quantitative estimate of drug-likeness (QED) is 0.862. The molecular formula is C16H25NO. The smallest absolute Gasteiger partial charge is 0.0916 e. The van der Waals surface area contributed by atoms with Crippen LogP contribution in [0.5, 0.6) is 0 Å². The van der Waals surface area contributed by atoms with E-state index in [-0.39, 0.29) is 6.10 Å². The summed E-state index contributed by atoms with van der Waals surface area (Å²) in [4.78, 5) is 2.35. The monoisotopic (exact) mass is 247 g/mol. The molecule has 0 bridgehead atoms. The fourth-order valence-electron chi connectivity index (χ4n) is 2.60. The van der Waals surface area contributed by atoms with Gasteiger partial charge in [-0.3, -0.25) is 0 Å². The molecule has 2 nitrogen and oxygen atoms in total. The molecule has 2 heteroatoms. The van der Waals surface area contributed by atoms with E-state index in [0.29, 0.717) is 5.92 Å². The van der Waals surface area contributed by atoms with E-state index in [4.69, 9.17) is 0 Å². The van der Waals surface area contributed by atoms with E-state index >= 15 is 0 Å². The number of hydrogen-bond donors (Lipinski definition) is 1. The van der Waals surface area contributed by atoms with Gasteiger partial charge in [0.25, 0.3) is 0 Å². The summed E-state index contributed by atoms with van der Waals surface area (Å²) in [5.74, 6) is 0.606. The molecule has 1 aromatic rings. The van der Waals surface area contributed by atoms with Gasteiger partial charge in [-0.2, -0.15) is 0 Å². The minimum Gasteiger partial charge on any atom is -0.387 e. The maximum absolute atomic E-state index is 10.2. The number of rotatable bonds is 5. The first-order valence-corrected chi connectivity index (χ1v) is 7.21. The molecule has 2 rings (SSSR count). The van der Waals surface area contributed by atoms with Crippen molar-refractivity contribution in [1.29, 1.82) is 0 Å². The highest BCUT2D eigenvalue weighted by atomic mass is 16.3. The van der Waals surface area contributed by atoms with E-state index in [9.17, 15) is 5.11 Å². The Morgan fingerprint density at radius 2 is 1.67 bits per heavy atom. The fraction of sp³-hybridized carbons (Fsp3) is 0.625. The van der Waals surface area contributed by atoms with Gasteiger partial charge in [0.1, 0.15) is 0 Å². The largest absolute Gasteiger partial charge is 0.387 e.